The van der Waals surface area contributed by atoms with Gasteiger partial charge in [-0.25, -0.2) is 4.98 Å². The molecule has 4 N–H and O–H groups in total. The lowest BCUT2D eigenvalue weighted by molar-refractivity contribution is 0.100. The third-order valence-corrected chi connectivity index (χ3v) is 3.37. The molecule has 1 amide bonds. The number of methoxy groups -OCH3 is 1. The fourth-order valence-corrected chi connectivity index (χ4v) is 2.30. The fraction of sp³-hybridized carbons (Fsp3) is 0.133. The first kappa shape index (κ1) is 13.9. The number of carbonyl (C=O) groups is 1. The van der Waals surface area contributed by atoms with E-state index < -0.39 is 5.91 Å². The zero-order valence-electron chi connectivity index (χ0n) is 12.2. The molecule has 0 saturated heterocycles. The number of aromatic amines is 1. The Kier molecular flexibility index (Phi) is 3.38. The van der Waals surface area contributed by atoms with Gasteiger partial charge in [0.25, 0.3) is 5.91 Å². The summed E-state index contributed by atoms with van der Waals surface area (Å²) in [7, 11) is 1.60. The van der Waals surface area contributed by atoms with Crippen LogP contribution in [0.4, 0.5) is 11.4 Å². The summed E-state index contributed by atoms with van der Waals surface area (Å²) in [5, 5.41) is 10.9. The molecule has 2 aromatic heterocycles. The third-order valence-electron chi connectivity index (χ3n) is 3.37. The van der Waals surface area contributed by atoms with Crippen molar-refractivity contribution in [3.05, 3.63) is 41.7 Å². The van der Waals surface area contributed by atoms with Crippen LogP contribution in [0.25, 0.3) is 11.0 Å². The van der Waals surface area contributed by atoms with Crippen molar-refractivity contribution in [2.24, 2.45) is 5.73 Å². The molecule has 0 aliphatic heterocycles. The van der Waals surface area contributed by atoms with Gasteiger partial charge in [0.05, 0.1) is 23.7 Å². The van der Waals surface area contributed by atoms with E-state index in [-0.39, 0.29) is 0 Å². The molecule has 7 heteroatoms. The molecule has 22 heavy (non-hydrogen) atoms. The lowest BCUT2D eigenvalue weighted by atomic mass is 10.1. The molecule has 0 saturated carbocycles. The molecule has 0 bridgehead atoms. The van der Waals surface area contributed by atoms with E-state index in [9.17, 15) is 4.79 Å². The van der Waals surface area contributed by atoms with E-state index in [4.69, 9.17) is 10.5 Å². The van der Waals surface area contributed by atoms with E-state index in [0.29, 0.717) is 22.6 Å². The number of rotatable bonds is 4. The first-order valence-corrected chi connectivity index (χ1v) is 6.64. The SMILES string of the molecule is COc1cccc(Nc2c(C(N)=O)cnc3n[nH]c(C)c23)c1. The molecule has 0 aliphatic rings. The number of nitrogens with one attached hydrogen (secondary N) is 2. The van der Waals surface area contributed by atoms with Gasteiger partial charge in [-0.05, 0) is 19.1 Å². The van der Waals surface area contributed by atoms with E-state index in [2.05, 4.69) is 20.5 Å². The number of ether oxygens (including phenoxy) is 1. The summed E-state index contributed by atoms with van der Waals surface area (Å²) in [6.45, 7) is 1.86. The number of pyridine rings is 1. The first-order chi connectivity index (χ1) is 10.6. The van der Waals surface area contributed by atoms with E-state index >= 15 is 0 Å². The molecule has 0 fully saturated rings. The Balaban J connectivity index is 2.17. The summed E-state index contributed by atoms with van der Waals surface area (Å²) < 4.78 is 5.20. The van der Waals surface area contributed by atoms with Gasteiger partial charge in [-0.1, -0.05) is 6.07 Å². The van der Waals surface area contributed by atoms with Crippen LogP contribution in [0, 0.1) is 6.92 Å². The summed E-state index contributed by atoms with van der Waals surface area (Å²) in [4.78, 5) is 15.9. The number of amides is 1. The molecular weight excluding hydrogens is 282 g/mol. The number of hydrogen-bond donors (Lipinski definition) is 3. The summed E-state index contributed by atoms with van der Waals surface area (Å²) in [6.07, 6.45) is 1.42. The highest BCUT2D eigenvalue weighted by Crippen LogP contribution is 2.31. The van der Waals surface area contributed by atoms with E-state index in [1.54, 1.807) is 7.11 Å². The van der Waals surface area contributed by atoms with Gasteiger partial charge in [-0.2, -0.15) is 5.10 Å². The van der Waals surface area contributed by atoms with Crippen molar-refractivity contribution in [3.63, 3.8) is 0 Å². The minimum Gasteiger partial charge on any atom is -0.497 e. The molecule has 0 spiro atoms. The van der Waals surface area contributed by atoms with E-state index in [1.165, 1.54) is 6.20 Å². The van der Waals surface area contributed by atoms with Gasteiger partial charge in [-0.3, -0.25) is 9.89 Å². The van der Waals surface area contributed by atoms with Crippen LogP contribution < -0.4 is 15.8 Å². The Bertz CT molecular complexity index is 856. The van der Waals surface area contributed by atoms with Crippen LogP contribution in [0.1, 0.15) is 16.1 Å². The van der Waals surface area contributed by atoms with Gasteiger partial charge in [0.15, 0.2) is 5.65 Å². The average Bonchev–Trinajstić information content (AvgIpc) is 2.89. The highest BCUT2D eigenvalue weighted by atomic mass is 16.5. The van der Waals surface area contributed by atoms with Gasteiger partial charge in [0.1, 0.15) is 5.75 Å². The van der Waals surface area contributed by atoms with Crippen molar-refractivity contribution in [3.8, 4) is 5.75 Å². The smallest absolute Gasteiger partial charge is 0.252 e. The van der Waals surface area contributed by atoms with E-state index in [1.807, 2.05) is 31.2 Å². The predicted octanol–water partition coefficient (Wildman–Crippen LogP) is 2.12. The Morgan fingerprint density at radius 2 is 2.23 bits per heavy atom. The Hall–Kier alpha value is -3.09. The molecule has 2 heterocycles. The summed E-state index contributed by atoms with van der Waals surface area (Å²) in [5.41, 5.74) is 8.44. The lowest BCUT2D eigenvalue weighted by Gasteiger charge is -2.12. The van der Waals surface area contributed by atoms with Crippen LogP contribution >= 0.6 is 0 Å². The number of fused-ring (bicyclic) bond motifs is 1. The zero-order valence-corrected chi connectivity index (χ0v) is 12.2. The molecule has 0 radical (unpaired) electrons. The molecule has 3 aromatic rings. The van der Waals surface area contributed by atoms with Crippen molar-refractivity contribution >= 4 is 28.3 Å². The highest BCUT2D eigenvalue weighted by Gasteiger charge is 2.17. The molecule has 7 nitrogen and oxygen atoms in total. The minimum atomic E-state index is -0.555. The number of aromatic nitrogens is 3. The second-order valence-electron chi connectivity index (χ2n) is 4.82. The number of nitrogens with two attached hydrogens (primary N) is 1. The topological polar surface area (TPSA) is 106 Å². The predicted molar refractivity (Wildman–Crippen MR) is 83.4 cm³/mol. The number of benzene rings is 1. The summed E-state index contributed by atoms with van der Waals surface area (Å²) >= 11 is 0. The summed E-state index contributed by atoms with van der Waals surface area (Å²) in [5.74, 6) is 0.153. The maximum Gasteiger partial charge on any atom is 0.252 e. The quantitative estimate of drug-likeness (QED) is 0.684. The van der Waals surface area contributed by atoms with Crippen LogP contribution in [0.2, 0.25) is 0 Å². The molecule has 1 aromatic carbocycles. The Morgan fingerprint density at radius 3 is 2.95 bits per heavy atom. The normalized spacial score (nSPS) is 10.6. The van der Waals surface area contributed by atoms with Crippen LogP contribution in [0.3, 0.4) is 0 Å². The number of H-pyrrole nitrogens is 1. The standard InChI is InChI=1S/C15H15N5O2/c1-8-12-13(18-9-4-3-5-10(6-9)22-2)11(14(16)21)7-17-15(12)20-19-8/h3-7H,1-2H3,(H2,16,21)(H2,17,18,19,20). The van der Waals surface area contributed by atoms with Crippen molar-refractivity contribution in [1.82, 2.24) is 15.2 Å². The number of aryl methyl sites for hydroxylation is 1. The van der Waals surface area contributed by atoms with Gasteiger partial charge >= 0.3 is 0 Å². The zero-order chi connectivity index (χ0) is 15.7. The maximum atomic E-state index is 11.7. The van der Waals surface area contributed by atoms with Gasteiger partial charge in [0, 0.05) is 23.6 Å². The number of anilines is 2. The number of primary amides is 1. The monoisotopic (exact) mass is 297 g/mol. The Morgan fingerprint density at radius 1 is 1.41 bits per heavy atom. The molecule has 0 unspecified atom stereocenters. The first-order valence-electron chi connectivity index (χ1n) is 6.64. The number of nitrogens with zero attached hydrogens (tertiary/aromatic N) is 2. The van der Waals surface area contributed by atoms with Gasteiger partial charge in [-0.15, -0.1) is 0 Å². The molecular formula is C15H15N5O2. The molecule has 0 atom stereocenters. The number of carbonyl (C=O) groups excluding carboxylic acids is 1. The molecule has 112 valence electrons. The van der Waals surface area contributed by atoms with Crippen LogP contribution in [0.15, 0.2) is 30.5 Å². The second kappa shape index (κ2) is 5.36. The van der Waals surface area contributed by atoms with E-state index in [0.717, 1.165) is 16.8 Å². The Labute approximate surface area is 126 Å². The third kappa shape index (κ3) is 2.32. The van der Waals surface area contributed by atoms with Crippen molar-refractivity contribution in [2.45, 2.75) is 6.92 Å². The highest BCUT2D eigenvalue weighted by molar-refractivity contribution is 6.07. The van der Waals surface area contributed by atoms with Crippen LogP contribution in [0.5, 0.6) is 5.75 Å². The maximum absolute atomic E-state index is 11.7. The van der Waals surface area contributed by atoms with Gasteiger partial charge in [0.2, 0.25) is 0 Å². The van der Waals surface area contributed by atoms with Gasteiger partial charge < -0.3 is 15.8 Å². The minimum absolute atomic E-state index is 0.305. The average molecular weight is 297 g/mol. The summed E-state index contributed by atoms with van der Waals surface area (Å²) in [6, 6.07) is 7.39. The fourth-order valence-electron chi connectivity index (χ4n) is 2.30. The molecule has 0 aliphatic carbocycles. The van der Waals surface area contributed by atoms with Crippen molar-refractivity contribution in [2.75, 3.05) is 12.4 Å². The van der Waals surface area contributed by atoms with Crippen molar-refractivity contribution in [1.29, 1.82) is 0 Å². The van der Waals surface area contributed by atoms with Crippen LogP contribution in [-0.2, 0) is 0 Å². The second-order valence-corrected chi connectivity index (χ2v) is 4.82. The largest absolute Gasteiger partial charge is 0.497 e. The van der Waals surface area contributed by atoms with Crippen molar-refractivity contribution < 1.29 is 9.53 Å². The lowest BCUT2D eigenvalue weighted by Crippen LogP contribution is -2.14. The number of hydrogen-bond acceptors (Lipinski definition) is 5. The molecule has 3 rings (SSSR count). The van der Waals surface area contributed by atoms with Crippen LogP contribution in [-0.4, -0.2) is 28.2 Å².